The van der Waals surface area contributed by atoms with E-state index in [1.54, 1.807) is 24.3 Å². The van der Waals surface area contributed by atoms with Gasteiger partial charge in [0.1, 0.15) is 5.82 Å². The minimum atomic E-state index is -0.730. The number of hydrogen-bond donors (Lipinski definition) is 2. The smallest absolute Gasteiger partial charge is 0.251 e. The number of anilines is 1. The molecule has 0 radical (unpaired) electrons. The average molecular weight is 316 g/mol. The van der Waals surface area contributed by atoms with Gasteiger partial charge in [-0.1, -0.05) is 12.1 Å². The van der Waals surface area contributed by atoms with Gasteiger partial charge in [0, 0.05) is 31.9 Å². The first-order valence-corrected chi connectivity index (χ1v) is 7.46. The van der Waals surface area contributed by atoms with Crippen LogP contribution in [0.25, 0.3) is 0 Å². The van der Waals surface area contributed by atoms with E-state index in [1.165, 1.54) is 12.1 Å². The number of rotatable bonds is 6. The van der Waals surface area contributed by atoms with Crippen molar-refractivity contribution in [2.45, 2.75) is 12.5 Å². The Kier molecular flexibility index (Phi) is 5.71. The van der Waals surface area contributed by atoms with Crippen LogP contribution in [0.2, 0.25) is 0 Å². The van der Waals surface area contributed by atoms with Crippen molar-refractivity contribution in [1.29, 1.82) is 0 Å². The zero-order valence-corrected chi connectivity index (χ0v) is 13.3. The molecule has 0 aromatic heterocycles. The van der Waals surface area contributed by atoms with E-state index in [0.29, 0.717) is 24.1 Å². The highest BCUT2D eigenvalue weighted by molar-refractivity contribution is 5.94. The number of nitrogens with zero attached hydrogens (tertiary/aromatic N) is 1. The number of amides is 1. The molecule has 2 rings (SSSR count). The Labute approximate surface area is 135 Å². The largest absolute Gasteiger partial charge is 0.388 e. The van der Waals surface area contributed by atoms with Gasteiger partial charge in [-0.25, -0.2) is 4.39 Å². The topological polar surface area (TPSA) is 52.6 Å². The summed E-state index contributed by atoms with van der Waals surface area (Å²) in [6, 6.07) is 13.0. The lowest BCUT2D eigenvalue weighted by Gasteiger charge is -2.13. The Bertz CT molecular complexity index is 639. The maximum atomic E-state index is 12.8. The highest BCUT2D eigenvalue weighted by Crippen LogP contribution is 2.16. The predicted molar refractivity (Wildman–Crippen MR) is 89.1 cm³/mol. The maximum Gasteiger partial charge on any atom is 0.251 e. The van der Waals surface area contributed by atoms with Crippen LogP contribution in [0.1, 0.15) is 28.4 Å². The molecule has 2 aromatic carbocycles. The lowest BCUT2D eigenvalue weighted by atomic mass is 10.1. The molecule has 0 bridgehead atoms. The molecule has 4 nitrogen and oxygen atoms in total. The number of carbonyl (C=O) groups is 1. The second-order valence-corrected chi connectivity index (χ2v) is 5.55. The molecule has 2 N–H and O–H groups in total. The van der Waals surface area contributed by atoms with Crippen molar-refractivity contribution in [1.82, 2.24) is 5.32 Å². The standard InChI is InChI=1S/C18H21FN2O2/c1-21(2)16-9-5-14(6-10-16)18(23)20-12-11-17(22)13-3-7-15(19)8-4-13/h3-10,17,22H,11-12H2,1-2H3,(H,20,23). The number of aliphatic hydroxyl groups is 1. The molecule has 0 aliphatic heterocycles. The highest BCUT2D eigenvalue weighted by Gasteiger charge is 2.10. The summed E-state index contributed by atoms with van der Waals surface area (Å²) in [4.78, 5) is 14.0. The van der Waals surface area contributed by atoms with E-state index in [1.807, 2.05) is 31.1 Å². The van der Waals surface area contributed by atoms with Crippen LogP contribution in [0.3, 0.4) is 0 Å². The van der Waals surface area contributed by atoms with Crippen molar-refractivity contribution in [3.63, 3.8) is 0 Å². The fourth-order valence-electron chi connectivity index (χ4n) is 2.19. The Morgan fingerprint density at radius 1 is 1.13 bits per heavy atom. The molecule has 0 saturated carbocycles. The van der Waals surface area contributed by atoms with Gasteiger partial charge >= 0.3 is 0 Å². The van der Waals surface area contributed by atoms with Crippen molar-refractivity contribution < 1.29 is 14.3 Å². The van der Waals surface area contributed by atoms with E-state index in [9.17, 15) is 14.3 Å². The molecule has 0 fully saturated rings. The van der Waals surface area contributed by atoms with Gasteiger partial charge in [0.25, 0.3) is 5.91 Å². The van der Waals surface area contributed by atoms with Crippen LogP contribution in [0.15, 0.2) is 48.5 Å². The van der Waals surface area contributed by atoms with Crippen molar-refractivity contribution in [2.24, 2.45) is 0 Å². The van der Waals surface area contributed by atoms with Gasteiger partial charge in [0.2, 0.25) is 0 Å². The fraction of sp³-hybridized carbons (Fsp3) is 0.278. The summed E-state index contributed by atoms with van der Waals surface area (Å²) in [5.74, 6) is -0.517. The zero-order valence-electron chi connectivity index (χ0n) is 13.3. The average Bonchev–Trinajstić information content (AvgIpc) is 2.55. The molecule has 1 amide bonds. The Balaban J connectivity index is 1.83. The Morgan fingerprint density at radius 2 is 1.74 bits per heavy atom. The van der Waals surface area contributed by atoms with E-state index >= 15 is 0 Å². The molecule has 5 heteroatoms. The normalized spacial score (nSPS) is 11.8. The van der Waals surface area contributed by atoms with Gasteiger partial charge < -0.3 is 15.3 Å². The quantitative estimate of drug-likeness (QED) is 0.861. The summed E-state index contributed by atoms with van der Waals surface area (Å²) < 4.78 is 12.8. The van der Waals surface area contributed by atoms with Crippen molar-refractivity contribution >= 4 is 11.6 Å². The number of hydrogen-bond acceptors (Lipinski definition) is 3. The van der Waals surface area contributed by atoms with Gasteiger partial charge in [-0.3, -0.25) is 4.79 Å². The molecule has 1 unspecified atom stereocenters. The first kappa shape index (κ1) is 17.0. The number of carbonyl (C=O) groups excluding carboxylic acids is 1. The van der Waals surface area contributed by atoms with Crippen LogP contribution in [-0.4, -0.2) is 31.7 Å². The maximum absolute atomic E-state index is 12.8. The minimum Gasteiger partial charge on any atom is -0.388 e. The van der Waals surface area contributed by atoms with Crippen LogP contribution in [0, 0.1) is 5.82 Å². The zero-order chi connectivity index (χ0) is 16.8. The molecular weight excluding hydrogens is 295 g/mol. The SMILES string of the molecule is CN(C)c1ccc(C(=O)NCCC(O)c2ccc(F)cc2)cc1. The summed E-state index contributed by atoms with van der Waals surface area (Å²) >= 11 is 0. The summed E-state index contributed by atoms with van der Waals surface area (Å²) in [6.45, 7) is 0.340. The van der Waals surface area contributed by atoms with E-state index in [4.69, 9.17) is 0 Å². The predicted octanol–water partition coefficient (Wildman–Crippen LogP) is 2.75. The monoisotopic (exact) mass is 316 g/mol. The van der Waals surface area contributed by atoms with Crippen LogP contribution in [0.5, 0.6) is 0 Å². The van der Waals surface area contributed by atoms with E-state index in [0.717, 1.165) is 5.69 Å². The number of aliphatic hydroxyl groups excluding tert-OH is 1. The number of benzene rings is 2. The molecule has 0 aliphatic rings. The van der Waals surface area contributed by atoms with Gasteiger partial charge in [0.15, 0.2) is 0 Å². The summed E-state index contributed by atoms with van der Waals surface area (Å²) in [5, 5.41) is 12.8. The molecule has 0 aliphatic carbocycles. The van der Waals surface area contributed by atoms with Gasteiger partial charge in [-0.2, -0.15) is 0 Å². The summed E-state index contributed by atoms with van der Waals surface area (Å²) in [7, 11) is 3.87. The fourth-order valence-corrected chi connectivity index (χ4v) is 2.19. The molecule has 1 atom stereocenters. The number of nitrogens with one attached hydrogen (secondary N) is 1. The summed E-state index contributed by atoms with van der Waals surface area (Å²) in [6.07, 6.45) is -0.361. The molecular formula is C18H21FN2O2. The first-order valence-electron chi connectivity index (χ1n) is 7.46. The Morgan fingerprint density at radius 3 is 2.30 bits per heavy atom. The van der Waals surface area contributed by atoms with E-state index in [-0.39, 0.29) is 11.7 Å². The van der Waals surface area contributed by atoms with Crippen LogP contribution in [-0.2, 0) is 0 Å². The van der Waals surface area contributed by atoms with Crippen LogP contribution in [0.4, 0.5) is 10.1 Å². The van der Waals surface area contributed by atoms with Crippen molar-refractivity contribution in [2.75, 3.05) is 25.5 Å². The third kappa shape index (κ3) is 4.79. The van der Waals surface area contributed by atoms with Gasteiger partial charge in [0.05, 0.1) is 6.10 Å². The van der Waals surface area contributed by atoms with Crippen LogP contribution < -0.4 is 10.2 Å². The van der Waals surface area contributed by atoms with E-state index in [2.05, 4.69) is 5.32 Å². The number of halogens is 1. The summed E-state index contributed by atoms with van der Waals surface area (Å²) in [5.41, 5.74) is 2.23. The second kappa shape index (κ2) is 7.74. The molecule has 2 aromatic rings. The second-order valence-electron chi connectivity index (χ2n) is 5.55. The van der Waals surface area contributed by atoms with Gasteiger partial charge in [-0.05, 0) is 48.4 Å². The first-order chi connectivity index (χ1) is 11.0. The third-order valence-electron chi connectivity index (χ3n) is 3.60. The molecule has 0 saturated heterocycles. The minimum absolute atomic E-state index is 0.179. The van der Waals surface area contributed by atoms with Crippen molar-refractivity contribution in [3.8, 4) is 0 Å². The molecule has 0 spiro atoms. The highest BCUT2D eigenvalue weighted by atomic mass is 19.1. The lowest BCUT2D eigenvalue weighted by molar-refractivity contribution is 0.0942. The van der Waals surface area contributed by atoms with Crippen molar-refractivity contribution in [3.05, 3.63) is 65.5 Å². The molecule has 0 heterocycles. The van der Waals surface area contributed by atoms with Crippen LogP contribution >= 0.6 is 0 Å². The van der Waals surface area contributed by atoms with Gasteiger partial charge in [-0.15, -0.1) is 0 Å². The van der Waals surface area contributed by atoms with E-state index < -0.39 is 6.10 Å². The molecule has 23 heavy (non-hydrogen) atoms. The third-order valence-corrected chi connectivity index (χ3v) is 3.60. The molecule has 122 valence electrons. The lowest BCUT2D eigenvalue weighted by Crippen LogP contribution is -2.25. The Hall–Kier alpha value is -2.40.